The van der Waals surface area contributed by atoms with Crippen LogP contribution in [-0.4, -0.2) is 83.5 Å². The highest BCUT2D eigenvalue weighted by atomic mass is 35.5. The van der Waals surface area contributed by atoms with E-state index in [1.165, 1.54) is 63.0 Å². The number of amides is 8. The summed E-state index contributed by atoms with van der Waals surface area (Å²) < 4.78 is 1.66. The van der Waals surface area contributed by atoms with Crippen molar-refractivity contribution in [2.75, 3.05) is 28.2 Å². The molecule has 14 heteroatoms. The van der Waals surface area contributed by atoms with Gasteiger partial charge in [-0.05, 0) is 59.7 Å². The van der Waals surface area contributed by atoms with Gasteiger partial charge in [-0.1, -0.05) is 47.5 Å². The minimum atomic E-state index is -0.712. The van der Waals surface area contributed by atoms with Crippen LogP contribution < -0.4 is 0 Å². The van der Waals surface area contributed by atoms with Crippen LogP contribution in [0.4, 0.5) is 9.59 Å². The Morgan fingerprint density at radius 1 is 0.500 bits per heavy atom. The lowest BCUT2D eigenvalue weighted by Crippen LogP contribution is -2.52. The van der Waals surface area contributed by atoms with Crippen molar-refractivity contribution in [3.8, 4) is 22.3 Å². The Morgan fingerprint density at radius 2 is 0.800 bits per heavy atom. The molecule has 2 fully saturated rings. The van der Waals surface area contributed by atoms with E-state index in [4.69, 9.17) is 23.2 Å². The van der Waals surface area contributed by atoms with E-state index in [1.807, 2.05) is 36.4 Å². The molecule has 10 nitrogen and oxygen atoms in total. The molecule has 0 atom stereocenters. The van der Waals surface area contributed by atoms with Gasteiger partial charge in [-0.3, -0.25) is 38.8 Å². The van der Waals surface area contributed by atoms with Crippen LogP contribution in [0.1, 0.15) is 9.75 Å². The first-order chi connectivity index (χ1) is 23.8. The maximum absolute atomic E-state index is 13.1. The third kappa shape index (κ3) is 5.32. The maximum Gasteiger partial charge on any atom is 0.333 e. The molecule has 0 aliphatic carbocycles. The molecule has 3 aromatic carbocycles. The number of barbiturate groups is 2. The van der Waals surface area contributed by atoms with E-state index in [0.717, 1.165) is 62.0 Å². The minimum absolute atomic E-state index is 0.145. The first-order valence-electron chi connectivity index (χ1n) is 14.9. The number of benzene rings is 3. The van der Waals surface area contributed by atoms with E-state index in [2.05, 4.69) is 0 Å². The van der Waals surface area contributed by atoms with Gasteiger partial charge in [0.15, 0.2) is 0 Å². The lowest BCUT2D eigenvalue weighted by molar-refractivity contribution is -0.135. The number of carbonyl (C=O) groups is 6. The number of imide groups is 4. The summed E-state index contributed by atoms with van der Waals surface area (Å²) in [4.78, 5) is 82.0. The highest BCUT2D eigenvalue weighted by molar-refractivity contribution is 7.22. The number of hydrogen-bond acceptors (Lipinski definition) is 8. The number of thiophene rings is 2. The number of urea groups is 2. The van der Waals surface area contributed by atoms with Crippen molar-refractivity contribution in [1.82, 2.24) is 19.6 Å². The number of rotatable bonds is 4. The molecule has 0 unspecified atom stereocenters. The fourth-order valence-corrected chi connectivity index (χ4v) is 8.62. The van der Waals surface area contributed by atoms with Crippen molar-refractivity contribution in [2.24, 2.45) is 0 Å². The van der Waals surface area contributed by atoms with Gasteiger partial charge in [0.2, 0.25) is 0 Å². The molecule has 0 bridgehead atoms. The van der Waals surface area contributed by atoms with Crippen molar-refractivity contribution in [2.45, 2.75) is 0 Å². The zero-order valence-electron chi connectivity index (χ0n) is 26.7. The molecule has 2 aromatic heterocycles. The fourth-order valence-electron chi connectivity index (χ4n) is 5.99. The fraction of sp³-hybridized carbons (Fsp3) is 0.111. The number of fused-ring (bicyclic) bond motifs is 2. The predicted octanol–water partition coefficient (Wildman–Crippen LogP) is 7.62. The van der Waals surface area contributed by atoms with Crippen LogP contribution >= 0.6 is 45.9 Å². The van der Waals surface area contributed by atoms with Crippen LogP contribution in [0.25, 0.3) is 54.6 Å². The first kappa shape index (κ1) is 33.4. The van der Waals surface area contributed by atoms with Crippen molar-refractivity contribution in [3.05, 3.63) is 91.6 Å². The average molecular weight is 744 g/mol. The summed E-state index contributed by atoms with van der Waals surface area (Å²) in [5, 5.41) is 2.71. The summed E-state index contributed by atoms with van der Waals surface area (Å²) >= 11 is 15.3. The highest BCUT2D eigenvalue weighted by Gasteiger charge is 2.39. The van der Waals surface area contributed by atoms with Crippen LogP contribution in [0.2, 0.25) is 10.0 Å². The second-order valence-electron chi connectivity index (χ2n) is 11.7. The van der Waals surface area contributed by atoms with Gasteiger partial charge in [-0.25, -0.2) is 9.59 Å². The van der Waals surface area contributed by atoms with E-state index in [9.17, 15) is 28.8 Å². The monoisotopic (exact) mass is 742 g/mol. The summed E-state index contributed by atoms with van der Waals surface area (Å²) in [6.45, 7) is 0. The van der Waals surface area contributed by atoms with Crippen LogP contribution in [-0.2, 0) is 19.2 Å². The Morgan fingerprint density at radius 3 is 1.10 bits per heavy atom. The van der Waals surface area contributed by atoms with Crippen LogP contribution in [0.5, 0.6) is 0 Å². The lowest BCUT2D eigenvalue weighted by Gasteiger charge is -2.28. The van der Waals surface area contributed by atoms with Crippen molar-refractivity contribution in [3.63, 3.8) is 0 Å². The normalized spacial score (nSPS) is 15.8. The highest BCUT2D eigenvalue weighted by Crippen LogP contribution is 2.50. The van der Waals surface area contributed by atoms with Gasteiger partial charge in [-0.2, -0.15) is 0 Å². The Labute approximate surface area is 303 Å². The van der Waals surface area contributed by atoms with Gasteiger partial charge < -0.3 is 0 Å². The number of likely N-dealkylation sites (N-methyl/N-ethyl adjacent to an activating group) is 4. The minimum Gasteiger partial charge on any atom is -0.268 e. The van der Waals surface area contributed by atoms with Gasteiger partial charge in [-0.15, -0.1) is 22.7 Å². The van der Waals surface area contributed by atoms with Gasteiger partial charge >= 0.3 is 12.1 Å². The summed E-state index contributed by atoms with van der Waals surface area (Å²) in [6.07, 6.45) is 3.01. The Kier molecular flexibility index (Phi) is 8.22. The Hall–Kier alpha value is -5.14. The molecule has 8 amide bonds. The molecule has 7 rings (SSSR count). The summed E-state index contributed by atoms with van der Waals surface area (Å²) in [6, 6.07) is 17.0. The smallest absolute Gasteiger partial charge is 0.268 e. The van der Waals surface area contributed by atoms with Crippen molar-refractivity contribution in [1.29, 1.82) is 0 Å². The summed E-state index contributed by atoms with van der Waals surface area (Å²) in [5.74, 6) is -2.80. The van der Waals surface area contributed by atoms with Crippen LogP contribution in [0, 0.1) is 0 Å². The quantitative estimate of drug-likeness (QED) is 0.138. The molecule has 5 aromatic rings. The number of halogens is 2. The molecule has 0 saturated carbocycles. The third-order valence-corrected chi connectivity index (χ3v) is 11.3. The largest absolute Gasteiger partial charge is 0.333 e. The van der Waals surface area contributed by atoms with Crippen molar-refractivity contribution >= 4 is 114 Å². The Bertz CT molecular complexity index is 2150. The molecule has 50 heavy (non-hydrogen) atoms. The summed E-state index contributed by atoms with van der Waals surface area (Å²) in [5.41, 5.74) is 3.03. The number of hydrogen-bond donors (Lipinski definition) is 0. The van der Waals surface area contributed by atoms with E-state index in [1.54, 1.807) is 24.3 Å². The van der Waals surface area contributed by atoms with Crippen LogP contribution in [0.3, 0.4) is 0 Å². The predicted molar refractivity (Wildman–Crippen MR) is 196 cm³/mol. The van der Waals surface area contributed by atoms with Gasteiger partial charge in [0.25, 0.3) is 23.6 Å². The molecule has 0 radical (unpaired) electrons. The van der Waals surface area contributed by atoms with E-state index >= 15 is 0 Å². The first-order valence-corrected chi connectivity index (χ1v) is 17.3. The second-order valence-corrected chi connectivity index (χ2v) is 14.7. The SMILES string of the molecule is CN1C(=O)C(=Cc2cc3c(-c4ccc(Cl)cc4)c4sc(C=C5C(=O)N(C)C(=O)N(C)C5=O)cc4c(-c4ccc(Cl)cc4)c3s2)C(=O)N(C)C1=O. The van der Waals surface area contributed by atoms with E-state index in [0.29, 0.717) is 19.8 Å². The third-order valence-electron chi connectivity index (χ3n) is 8.62. The van der Waals surface area contributed by atoms with E-state index < -0.39 is 35.7 Å². The zero-order chi connectivity index (χ0) is 35.8. The lowest BCUT2D eigenvalue weighted by atomic mass is 9.93. The zero-order valence-corrected chi connectivity index (χ0v) is 29.9. The van der Waals surface area contributed by atoms with E-state index in [-0.39, 0.29) is 11.1 Å². The molecule has 2 aliphatic heterocycles. The molecule has 0 N–H and O–H groups in total. The van der Waals surface area contributed by atoms with Crippen molar-refractivity contribution < 1.29 is 28.8 Å². The second kappa shape index (κ2) is 12.3. The molecular weight excluding hydrogens is 719 g/mol. The maximum atomic E-state index is 13.1. The van der Waals surface area contributed by atoms with Gasteiger partial charge in [0.05, 0.1) is 0 Å². The molecule has 0 spiro atoms. The Balaban J connectivity index is 1.54. The van der Waals surface area contributed by atoms with Gasteiger partial charge in [0, 0.05) is 79.3 Å². The standard InChI is InChI=1S/C36H24Cl2N4O6S2/c1-39-31(43)25(32(44)40(2)35(39)47)15-21-13-23-27(17-5-9-19(37)10-6-17)30-24(28(29(23)49-21)18-7-11-20(38)12-8-18)14-22(50-30)16-26-33(45)41(3)36(48)42(4)34(26)46/h5-16H,1-4H3. The molecule has 2 saturated heterocycles. The number of nitrogens with zero attached hydrogens (tertiary/aromatic N) is 4. The summed E-state index contributed by atoms with van der Waals surface area (Å²) in [7, 11) is 5.31. The molecule has 2 aliphatic rings. The topological polar surface area (TPSA) is 115 Å². The van der Waals surface area contributed by atoms with Crippen LogP contribution in [0.15, 0.2) is 71.8 Å². The number of carbonyl (C=O) groups excluding carboxylic acids is 6. The average Bonchev–Trinajstić information content (AvgIpc) is 3.72. The van der Waals surface area contributed by atoms with Gasteiger partial charge in [0.1, 0.15) is 11.1 Å². The molecule has 250 valence electrons. The molecule has 4 heterocycles. The molecular formula is C36H24Cl2N4O6S2.